The molecule has 0 fully saturated rings. The molecule has 0 spiro atoms. The molecular formula is C17H19ClN2O. The van der Waals surface area contributed by atoms with Gasteiger partial charge in [-0.1, -0.05) is 61.0 Å². The first-order valence-electron chi connectivity index (χ1n) is 6.98. The Hall–Kier alpha value is -1.84. The van der Waals surface area contributed by atoms with Crippen LogP contribution in [0.25, 0.3) is 0 Å². The fraction of sp³-hybridized carbons (Fsp3) is 0.235. The standard InChI is InChI=1S/C17H19ClN2O/c1-2-15(12-8-10-14(18)11-9-12)20-17(21)16(19)13-6-4-3-5-7-13/h3-11,15-16H,2,19H2,1H3,(H,20,21). The van der Waals surface area contributed by atoms with Gasteiger partial charge in [-0.25, -0.2) is 0 Å². The Balaban J connectivity index is 2.08. The van der Waals surface area contributed by atoms with Gasteiger partial charge in [-0.15, -0.1) is 0 Å². The predicted octanol–water partition coefficient (Wildman–Crippen LogP) is 3.61. The molecule has 2 atom stereocenters. The number of nitrogens with two attached hydrogens (primary N) is 1. The maximum absolute atomic E-state index is 12.3. The molecule has 0 aliphatic heterocycles. The fourth-order valence-corrected chi connectivity index (χ4v) is 2.32. The molecule has 21 heavy (non-hydrogen) atoms. The van der Waals surface area contributed by atoms with Gasteiger partial charge in [0.1, 0.15) is 6.04 Å². The van der Waals surface area contributed by atoms with Crippen molar-refractivity contribution in [3.8, 4) is 0 Å². The zero-order valence-electron chi connectivity index (χ0n) is 11.9. The van der Waals surface area contributed by atoms with Crippen LogP contribution in [-0.4, -0.2) is 5.91 Å². The van der Waals surface area contributed by atoms with Crippen LogP contribution in [0, 0.1) is 0 Å². The summed E-state index contributed by atoms with van der Waals surface area (Å²) in [6.07, 6.45) is 0.787. The fourth-order valence-electron chi connectivity index (χ4n) is 2.19. The average Bonchev–Trinajstić information content (AvgIpc) is 2.53. The van der Waals surface area contributed by atoms with Gasteiger partial charge in [-0.3, -0.25) is 4.79 Å². The van der Waals surface area contributed by atoms with Gasteiger partial charge in [-0.05, 0) is 29.7 Å². The molecule has 0 heterocycles. The van der Waals surface area contributed by atoms with Crippen molar-refractivity contribution in [3.05, 3.63) is 70.7 Å². The molecule has 0 saturated carbocycles. The van der Waals surface area contributed by atoms with Gasteiger partial charge in [0, 0.05) is 5.02 Å². The van der Waals surface area contributed by atoms with Crippen LogP contribution in [0.2, 0.25) is 5.02 Å². The third-order valence-electron chi connectivity index (χ3n) is 3.44. The topological polar surface area (TPSA) is 55.1 Å². The Kier molecular flexibility index (Phi) is 5.37. The maximum Gasteiger partial charge on any atom is 0.241 e. The number of hydrogen-bond acceptors (Lipinski definition) is 2. The molecule has 2 aromatic carbocycles. The van der Waals surface area contributed by atoms with E-state index >= 15 is 0 Å². The molecule has 2 rings (SSSR count). The van der Waals surface area contributed by atoms with Crippen molar-refractivity contribution >= 4 is 17.5 Å². The zero-order chi connectivity index (χ0) is 15.2. The van der Waals surface area contributed by atoms with E-state index in [1.165, 1.54) is 0 Å². The number of carbonyl (C=O) groups is 1. The highest BCUT2D eigenvalue weighted by atomic mass is 35.5. The summed E-state index contributed by atoms with van der Waals surface area (Å²) >= 11 is 5.89. The summed E-state index contributed by atoms with van der Waals surface area (Å²) in [5.74, 6) is -0.178. The lowest BCUT2D eigenvalue weighted by Crippen LogP contribution is -2.36. The Bertz CT molecular complexity index is 583. The largest absolute Gasteiger partial charge is 0.348 e. The number of amides is 1. The lowest BCUT2D eigenvalue weighted by atomic mass is 10.0. The lowest BCUT2D eigenvalue weighted by molar-refractivity contribution is -0.123. The average molecular weight is 303 g/mol. The second kappa shape index (κ2) is 7.25. The van der Waals surface area contributed by atoms with Crippen LogP contribution in [0.1, 0.15) is 36.6 Å². The number of benzene rings is 2. The van der Waals surface area contributed by atoms with E-state index in [2.05, 4.69) is 5.32 Å². The molecule has 1 amide bonds. The molecule has 3 nitrogen and oxygen atoms in total. The highest BCUT2D eigenvalue weighted by molar-refractivity contribution is 6.30. The molecule has 0 aliphatic carbocycles. The van der Waals surface area contributed by atoms with Gasteiger partial charge in [0.15, 0.2) is 0 Å². The summed E-state index contributed by atoms with van der Waals surface area (Å²) in [6.45, 7) is 2.02. The third kappa shape index (κ3) is 4.06. The van der Waals surface area contributed by atoms with Crippen molar-refractivity contribution in [2.75, 3.05) is 0 Å². The van der Waals surface area contributed by atoms with E-state index in [4.69, 9.17) is 17.3 Å². The van der Waals surface area contributed by atoms with Crippen molar-refractivity contribution in [3.63, 3.8) is 0 Å². The summed E-state index contributed by atoms with van der Waals surface area (Å²) < 4.78 is 0. The molecule has 0 saturated heterocycles. The van der Waals surface area contributed by atoms with Crippen LogP contribution in [-0.2, 0) is 4.79 Å². The minimum absolute atomic E-state index is 0.0653. The summed E-state index contributed by atoms with van der Waals surface area (Å²) in [5, 5.41) is 3.68. The minimum Gasteiger partial charge on any atom is -0.348 e. The van der Waals surface area contributed by atoms with Crippen LogP contribution in [0.4, 0.5) is 0 Å². The smallest absolute Gasteiger partial charge is 0.241 e. The van der Waals surface area contributed by atoms with Gasteiger partial charge in [0.2, 0.25) is 5.91 Å². The van der Waals surface area contributed by atoms with E-state index in [-0.39, 0.29) is 11.9 Å². The second-order valence-corrected chi connectivity index (χ2v) is 5.35. The quantitative estimate of drug-likeness (QED) is 0.886. The number of carbonyl (C=O) groups excluding carboxylic acids is 1. The Morgan fingerprint density at radius 1 is 1.10 bits per heavy atom. The second-order valence-electron chi connectivity index (χ2n) is 4.91. The normalized spacial score (nSPS) is 13.5. The van der Waals surface area contributed by atoms with Gasteiger partial charge in [0.05, 0.1) is 6.04 Å². The van der Waals surface area contributed by atoms with Crippen LogP contribution in [0.3, 0.4) is 0 Å². The SMILES string of the molecule is CCC(NC(=O)C(N)c1ccccc1)c1ccc(Cl)cc1. The first kappa shape index (κ1) is 15.5. The molecule has 0 aromatic heterocycles. The summed E-state index contributed by atoms with van der Waals surface area (Å²) in [7, 11) is 0. The summed E-state index contributed by atoms with van der Waals surface area (Å²) in [6, 6.07) is 16.1. The van der Waals surface area contributed by atoms with Crippen molar-refractivity contribution in [2.24, 2.45) is 5.73 Å². The summed E-state index contributed by atoms with van der Waals surface area (Å²) in [5.41, 5.74) is 7.84. The van der Waals surface area contributed by atoms with E-state index in [1.807, 2.05) is 61.5 Å². The van der Waals surface area contributed by atoms with Crippen LogP contribution >= 0.6 is 11.6 Å². The Morgan fingerprint density at radius 3 is 2.29 bits per heavy atom. The van der Waals surface area contributed by atoms with Crippen LogP contribution in [0.5, 0.6) is 0 Å². The van der Waals surface area contributed by atoms with E-state index in [0.29, 0.717) is 5.02 Å². The number of halogens is 1. The molecule has 0 aliphatic rings. The molecule has 2 unspecified atom stereocenters. The van der Waals surface area contributed by atoms with Gasteiger partial charge in [-0.2, -0.15) is 0 Å². The first-order valence-corrected chi connectivity index (χ1v) is 7.36. The zero-order valence-corrected chi connectivity index (χ0v) is 12.7. The Morgan fingerprint density at radius 2 is 1.71 bits per heavy atom. The highest BCUT2D eigenvalue weighted by Crippen LogP contribution is 2.20. The maximum atomic E-state index is 12.3. The van der Waals surface area contributed by atoms with Crippen molar-refractivity contribution < 1.29 is 4.79 Å². The molecule has 110 valence electrons. The summed E-state index contributed by atoms with van der Waals surface area (Å²) in [4.78, 5) is 12.3. The number of hydrogen-bond donors (Lipinski definition) is 2. The van der Waals surface area contributed by atoms with E-state index in [1.54, 1.807) is 0 Å². The minimum atomic E-state index is -0.660. The van der Waals surface area contributed by atoms with Crippen LogP contribution < -0.4 is 11.1 Å². The number of nitrogens with one attached hydrogen (secondary N) is 1. The van der Waals surface area contributed by atoms with E-state index < -0.39 is 6.04 Å². The molecule has 0 bridgehead atoms. The molecule has 2 aromatic rings. The molecule has 4 heteroatoms. The number of rotatable bonds is 5. The van der Waals surface area contributed by atoms with E-state index in [9.17, 15) is 4.79 Å². The highest BCUT2D eigenvalue weighted by Gasteiger charge is 2.19. The molecule has 3 N–H and O–H groups in total. The van der Waals surface area contributed by atoms with Gasteiger partial charge >= 0.3 is 0 Å². The van der Waals surface area contributed by atoms with Gasteiger partial charge < -0.3 is 11.1 Å². The Labute approximate surface area is 130 Å². The van der Waals surface area contributed by atoms with Crippen molar-refractivity contribution in [1.29, 1.82) is 0 Å². The predicted molar refractivity (Wildman–Crippen MR) is 86.0 cm³/mol. The lowest BCUT2D eigenvalue weighted by Gasteiger charge is -2.20. The van der Waals surface area contributed by atoms with Crippen molar-refractivity contribution in [2.45, 2.75) is 25.4 Å². The van der Waals surface area contributed by atoms with E-state index in [0.717, 1.165) is 17.5 Å². The molecule has 0 radical (unpaired) electrons. The molecular weight excluding hydrogens is 284 g/mol. The van der Waals surface area contributed by atoms with Crippen molar-refractivity contribution in [1.82, 2.24) is 5.32 Å². The van der Waals surface area contributed by atoms with Gasteiger partial charge in [0.25, 0.3) is 0 Å². The monoisotopic (exact) mass is 302 g/mol. The van der Waals surface area contributed by atoms with Crippen LogP contribution in [0.15, 0.2) is 54.6 Å². The first-order chi connectivity index (χ1) is 10.1. The third-order valence-corrected chi connectivity index (χ3v) is 3.69.